The lowest BCUT2D eigenvalue weighted by atomic mass is 10.1. The molecule has 23 heavy (non-hydrogen) atoms. The topological polar surface area (TPSA) is 70.6 Å². The molecule has 2 unspecified atom stereocenters. The van der Waals surface area contributed by atoms with E-state index in [4.69, 9.17) is 4.74 Å². The average molecular weight is 324 g/mol. The highest BCUT2D eigenvalue weighted by molar-refractivity contribution is 5.68. The Balaban J connectivity index is 1.89. The summed E-state index contributed by atoms with van der Waals surface area (Å²) < 4.78 is 18.6. The molecule has 0 bridgehead atoms. The molecule has 0 aliphatic heterocycles. The molecule has 0 heterocycles. The molecule has 0 saturated heterocycles. The summed E-state index contributed by atoms with van der Waals surface area (Å²) in [5.74, 6) is -0.950. The number of benzene rings is 1. The number of carbonyl (C=O) groups is 1. The van der Waals surface area contributed by atoms with Gasteiger partial charge >= 0.3 is 6.09 Å². The Kier molecular flexibility index (Phi) is 5.46. The summed E-state index contributed by atoms with van der Waals surface area (Å²) in [6.45, 7) is 5.82. The molecule has 1 aliphatic rings. The second-order valence-electron chi connectivity index (χ2n) is 6.92. The van der Waals surface area contributed by atoms with Crippen LogP contribution in [0.4, 0.5) is 9.18 Å². The van der Waals surface area contributed by atoms with Gasteiger partial charge in [-0.1, -0.05) is 12.1 Å². The highest BCUT2D eigenvalue weighted by Crippen LogP contribution is 2.23. The highest BCUT2D eigenvalue weighted by atomic mass is 19.1. The Bertz CT molecular complexity index is 557. The zero-order chi connectivity index (χ0) is 17.0. The van der Waals surface area contributed by atoms with Gasteiger partial charge in [0.05, 0.1) is 0 Å². The minimum Gasteiger partial charge on any atom is -0.505 e. The van der Waals surface area contributed by atoms with E-state index in [-0.39, 0.29) is 17.8 Å². The Labute approximate surface area is 136 Å². The van der Waals surface area contributed by atoms with Gasteiger partial charge in [-0.25, -0.2) is 9.18 Å². The summed E-state index contributed by atoms with van der Waals surface area (Å²) in [4.78, 5) is 11.9. The second-order valence-corrected chi connectivity index (χ2v) is 6.92. The molecule has 3 N–H and O–H groups in total. The summed E-state index contributed by atoms with van der Waals surface area (Å²) >= 11 is 0. The molecule has 0 radical (unpaired) electrons. The van der Waals surface area contributed by atoms with Gasteiger partial charge in [0, 0.05) is 24.2 Å². The number of phenolic OH excluding ortho intramolecular Hbond substituents is 1. The third kappa shape index (κ3) is 5.10. The number of alkyl carbamates (subject to hydrolysis) is 1. The number of rotatable bonds is 4. The van der Waals surface area contributed by atoms with Crippen molar-refractivity contribution < 1.29 is 19.0 Å². The van der Waals surface area contributed by atoms with E-state index in [9.17, 15) is 14.3 Å². The van der Waals surface area contributed by atoms with Gasteiger partial charge in [-0.3, -0.25) is 0 Å². The Morgan fingerprint density at radius 3 is 2.74 bits per heavy atom. The minimum atomic E-state index is -0.626. The number of hydrogen-bond acceptors (Lipinski definition) is 4. The van der Waals surface area contributed by atoms with Crippen LogP contribution in [0, 0.1) is 5.82 Å². The second kappa shape index (κ2) is 7.17. The van der Waals surface area contributed by atoms with E-state index in [0.29, 0.717) is 12.1 Å². The zero-order valence-electron chi connectivity index (χ0n) is 13.9. The summed E-state index contributed by atoms with van der Waals surface area (Å²) in [6.07, 6.45) is 2.35. The highest BCUT2D eigenvalue weighted by Gasteiger charge is 2.30. The Hall–Kier alpha value is -1.82. The van der Waals surface area contributed by atoms with Crippen LogP contribution in [-0.4, -0.2) is 28.9 Å². The maximum absolute atomic E-state index is 13.3. The molecule has 2 rings (SSSR count). The number of hydrogen-bond donors (Lipinski definition) is 3. The first kappa shape index (κ1) is 17.5. The van der Waals surface area contributed by atoms with Gasteiger partial charge in [0.15, 0.2) is 11.6 Å². The molecule has 0 aromatic heterocycles. The average Bonchev–Trinajstić information content (AvgIpc) is 2.85. The van der Waals surface area contributed by atoms with E-state index >= 15 is 0 Å². The Morgan fingerprint density at radius 2 is 2.04 bits per heavy atom. The molecule has 1 saturated carbocycles. The van der Waals surface area contributed by atoms with Crippen molar-refractivity contribution >= 4 is 6.09 Å². The first-order valence-electron chi connectivity index (χ1n) is 7.95. The lowest BCUT2D eigenvalue weighted by molar-refractivity contribution is 0.0498. The van der Waals surface area contributed by atoms with Gasteiger partial charge in [0.25, 0.3) is 0 Å². The fraction of sp³-hybridized carbons (Fsp3) is 0.588. The maximum atomic E-state index is 13.3. The SMILES string of the molecule is CC(C)(C)OC(=O)NC1CCCC1NCc1cccc(F)c1O. The molecule has 1 fully saturated rings. The lowest BCUT2D eigenvalue weighted by Crippen LogP contribution is -2.47. The maximum Gasteiger partial charge on any atom is 0.407 e. The van der Waals surface area contributed by atoms with Crippen molar-refractivity contribution in [3.05, 3.63) is 29.6 Å². The van der Waals surface area contributed by atoms with Crippen molar-refractivity contribution in [1.82, 2.24) is 10.6 Å². The van der Waals surface area contributed by atoms with Crippen molar-refractivity contribution in [2.75, 3.05) is 0 Å². The summed E-state index contributed by atoms with van der Waals surface area (Å²) in [7, 11) is 0. The van der Waals surface area contributed by atoms with Gasteiger partial charge in [-0.15, -0.1) is 0 Å². The summed E-state index contributed by atoms with van der Waals surface area (Å²) in [5, 5.41) is 15.9. The fourth-order valence-electron chi connectivity index (χ4n) is 2.78. The van der Waals surface area contributed by atoms with Crippen molar-refractivity contribution in [2.24, 2.45) is 0 Å². The van der Waals surface area contributed by atoms with E-state index in [2.05, 4.69) is 10.6 Å². The van der Waals surface area contributed by atoms with Crippen molar-refractivity contribution in [3.63, 3.8) is 0 Å². The van der Waals surface area contributed by atoms with Gasteiger partial charge < -0.3 is 20.5 Å². The number of ether oxygens (including phenoxy) is 1. The van der Waals surface area contributed by atoms with Crippen LogP contribution in [0.1, 0.15) is 45.6 Å². The van der Waals surface area contributed by atoms with Gasteiger partial charge in [-0.05, 0) is 46.1 Å². The molecule has 1 aromatic carbocycles. The predicted octanol–water partition coefficient (Wildman–Crippen LogP) is 3.07. The first-order chi connectivity index (χ1) is 10.8. The lowest BCUT2D eigenvalue weighted by Gasteiger charge is -2.25. The quantitative estimate of drug-likeness (QED) is 0.796. The normalized spacial score (nSPS) is 21.2. The number of aromatic hydroxyl groups is 1. The number of nitrogens with one attached hydrogen (secondary N) is 2. The van der Waals surface area contributed by atoms with Gasteiger partial charge in [-0.2, -0.15) is 0 Å². The third-order valence-electron chi connectivity index (χ3n) is 3.84. The summed E-state index contributed by atoms with van der Waals surface area (Å²) in [5.41, 5.74) is -0.0215. The van der Waals surface area contributed by atoms with Crippen molar-refractivity contribution in [3.8, 4) is 5.75 Å². The largest absolute Gasteiger partial charge is 0.505 e. The molecule has 1 amide bonds. The van der Waals surface area contributed by atoms with Crippen molar-refractivity contribution in [1.29, 1.82) is 0 Å². The molecule has 5 nitrogen and oxygen atoms in total. The molecular formula is C17H25FN2O3. The number of carbonyl (C=O) groups excluding carboxylic acids is 1. The predicted molar refractivity (Wildman–Crippen MR) is 85.7 cm³/mol. The molecule has 128 valence electrons. The van der Waals surface area contributed by atoms with Gasteiger partial charge in [0.1, 0.15) is 5.60 Å². The number of para-hydroxylation sites is 1. The molecule has 1 aliphatic carbocycles. The van der Waals surface area contributed by atoms with E-state index < -0.39 is 17.5 Å². The van der Waals surface area contributed by atoms with Crippen LogP contribution in [0.15, 0.2) is 18.2 Å². The molecule has 2 atom stereocenters. The van der Waals surface area contributed by atoms with Crippen LogP contribution >= 0.6 is 0 Å². The van der Waals surface area contributed by atoms with Crippen LogP contribution in [0.25, 0.3) is 0 Å². The standard InChI is InChI=1S/C17H25FN2O3/c1-17(2,3)23-16(22)20-14-9-5-8-13(14)19-10-11-6-4-7-12(18)15(11)21/h4,6-7,13-14,19,21H,5,8-10H2,1-3H3,(H,20,22). The zero-order valence-corrected chi connectivity index (χ0v) is 13.9. The molecule has 0 spiro atoms. The van der Waals surface area contributed by atoms with E-state index in [0.717, 1.165) is 19.3 Å². The minimum absolute atomic E-state index is 0.0273. The van der Waals surface area contributed by atoms with Crippen LogP contribution in [0.5, 0.6) is 5.75 Å². The molecule has 1 aromatic rings. The third-order valence-corrected chi connectivity index (χ3v) is 3.84. The van der Waals surface area contributed by atoms with Gasteiger partial charge in [0.2, 0.25) is 0 Å². The van der Waals surface area contributed by atoms with Crippen LogP contribution < -0.4 is 10.6 Å². The number of amides is 1. The Morgan fingerprint density at radius 1 is 1.35 bits per heavy atom. The van der Waals surface area contributed by atoms with E-state index in [1.54, 1.807) is 12.1 Å². The summed E-state index contributed by atoms with van der Waals surface area (Å²) in [6, 6.07) is 4.51. The monoisotopic (exact) mass is 324 g/mol. The number of halogens is 1. The fourth-order valence-corrected chi connectivity index (χ4v) is 2.78. The van der Waals surface area contributed by atoms with Crippen LogP contribution in [0.3, 0.4) is 0 Å². The van der Waals surface area contributed by atoms with Crippen LogP contribution in [-0.2, 0) is 11.3 Å². The van der Waals surface area contributed by atoms with E-state index in [1.807, 2.05) is 20.8 Å². The number of phenols is 1. The molecular weight excluding hydrogens is 299 g/mol. The molecule has 6 heteroatoms. The van der Waals surface area contributed by atoms with Crippen molar-refractivity contribution in [2.45, 2.75) is 64.3 Å². The smallest absolute Gasteiger partial charge is 0.407 e. The first-order valence-corrected chi connectivity index (χ1v) is 7.95. The van der Waals surface area contributed by atoms with Crippen LogP contribution in [0.2, 0.25) is 0 Å². The van der Waals surface area contributed by atoms with E-state index in [1.165, 1.54) is 6.07 Å².